The van der Waals surface area contributed by atoms with Gasteiger partial charge in [0.05, 0.1) is 5.56 Å². The molecule has 3 heterocycles. The summed E-state index contributed by atoms with van der Waals surface area (Å²) in [6, 6.07) is 0. The molecular formula is C16H20ClN5O3. The number of carbonyl (C=O) groups excluding carboxylic acids is 1. The average molecular weight is 366 g/mol. The molecule has 3 rings (SSSR count). The number of halogens is 1. The number of alkyl halides is 1. The summed E-state index contributed by atoms with van der Waals surface area (Å²) < 4.78 is 10.8. The molecule has 0 bridgehead atoms. The summed E-state index contributed by atoms with van der Waals surface area (Å²) in [6.07, 6.45) is 3.79. The molecule has 9 heteroatoms. The van der Waals surface area contributed by atoms with Crippen LogP contribution in [0.5, 0.6) is 0 Å². The normalized spacial score (nSPS) is 17.8. The van der Waals surface area contributed by atoms with E-state index >= 15 is 0 Å². The van der Waals surface area contributed by atoms with Gasteiger partial charge in [-0.2, -0.15) is 0 Å². The molecule has 0 spiro atoms. The van der Waals surface area contributed by atoms with Gasteiger partial charge in [0.15, 0.2) is 0 Å². The topological polar surface area (TPSA) is 94.2 Å². The Balaban J connectivity index is 1.64. The lowest BCUT2D eigenvalue weighted by atomic mass is 10.1. The number of aromatic nitrogens is 4. The van der Waals surface area contributed by atoms with Crippen molar-refractivity contribution in [2.45, 2.75) is 44.6 Å². The van der Waals surface area contributed by atoms with Crippen LogP contribution in [-0.4, -0.2) is 49.8 Å². The molecular weight excluding hydrogens is 346 g/mol. The molecule has 0 radical (unpaired) electrons. The number of likely N-dealkylation sites (tertiary alicyclic amines) is 1. The van der Waals surface area contributed by atoms with E-state index in [-0.39, 0.29) is 17.9 Å². The molecule has 1 atom stereocenters. The second-order valence-electron chi connectivity index (χ2n) is 6.88. The van der Waals surface area contributed by atoms with Crippen LogP contribution in [0, 0.1) is 0 Å². The fourth-order valence-corrected chi connectivity index (χ4v) is 2.65. The maximum absolute atomic E-state index is 12.1. The van der Waals surface area contributed by atoms with Crippen LogP contribution in [0.25, 0.3) is 11.5 Å². The second-order valence-corrected chi connectivity index (χ2v) is 7.14. The molecule has 0 aromatic carbocycles. The lowest BCUT2D eigenvalue weighted by molar-refractivity contribution is 0.0292. The van der Waals surface area contributed by atoms with Crippen molar-refractivity contribution in [1.82, 2.24) is 25.1 Å². The minimum Gasteiger partial charge on any atom is -0.444 e. The van der Waals surface area contributed by atoms with Gasteiger partial charge < -0.3 is 14.1 Å². The highest BCUT2D eigenvalue weighted by molar-refractivity contribution is 6.16. The van der Waals surface area contributed by atoms with Gasteiger partial charge in [-0.3, -0.25) is 0 Å². The third kappa shape index (κ3) is 4.25. The maximum atomic E-state index is 12.1. The van der Waals surface area contributed by atoms with Crippen molar-refractivity contribution in [3.8, 4) is 11.5 Å². The van der Waals surface area contributed by atoms with Gasteiger partial charge in [0.1, 0.15) is 17.3 Å². The molecule has 0 saturated carbocycles. The second kappa shape index (κ2) is 6.95. The van der Waals surface area contributed by atoms with Crippen LogP contribution >= 0.6 is 11.6 Å². The Morgan fingerprint density at radius 2 is 2.08 bits per heavy atom. The van der Waals surface area contributed by atoms with Gasteiger partial charge in [-0.05, 0) is 27.2 Å². The van der Waals surface area contributed by atoms with E-state index in [2.05, 4.69) is 20.2 Å². The largest absolute Gasteiger partial charge is 0.444 e. The fourth-order valence-electron chi connectivity index (χ4n) is 2.55. The molecule has 1 amide bonds. The Bertz CT molecular complexity index is 741. The summed E-state index contributed by atoms with van der Waals surface area (Å²) in [5.41, 5.74) is 0.133. The van der Waals surface area contributed by atoms with Gasteiger partial charge >= 0.3 is 6.09 Å². The number of hydrogen-bond acceptors (Lipinski definition) is 7. The van der Waals surface area contributed by atoms with Crippen LogP contribution in [0.3, 0.4) is 0 Å². The number of amides is 1. The van der Waals surface area contributed by atoms with Crippen molar-refractivity contribution in [3.05, 3.63) is 24.1 Å². The van der Waals surface area contributed by atoms with E-state index in [1.807, 2.05) is 20.8 Å². The SMILES string of the molecule is CC(C)(C)OC(=O)N1CCC(c2ncc(-c3nnc(CCl)o3)cn2)C1. The zero-order valence-electron chi connectivity index (χ0n) is 14.4. The van der Waals surface area contributed by atoms with Crippen molar-refractivity contribution < 1.29 is 13.9 Å². The summed E-state index contributed by atoms with van der Waals surface area (Å²) in [6.45, 7) is 6.74. The lowest BCUT2D eigenvalue weighted by Crippen LogP contribution is -2.35. The quantitative estimate of drug-likeness (QED) is 0.771. The van der Waals surface area contributed by atoms with E-state index in [0.29, 0.717) is 36.3 Å². The lowest BCUT2D eigenvalue weighted by Gasteiger charge is -2.24. The van der Waals surface area contributed by atoms with E-state index in [1.165, 1.54) is 0 Å². The highest BCUT2D eigenvalue weighted by atomic mass is 35.5. The fraction of sp³-hybridized carbons (Fsp3) is 0.562. The number of nitrogens with zero attached hydrogens (tertiary/aromatic N) is 5. The third-order valence-corrected chi connectivity index (χ3v) is 3.93. The molecule has 1 unspecified atom stereocenters. The van der Waals surface area contributed by atoms with Crippen LogP contribution in [0.4, 0.5) is 4.79 Å². The van der Waals surface area contributed by atoms with E-state index < -0.39 is 5.60 Å². The molecule has 1 aliphatic rings. The van der Waals surface area contributed by atoms with Crippen LogP contribution in [0.2, 0.25) is 0 Å². The summed E-state index contributed by atoms with van der Waals surface area (Å²) in [5, 5.41) is 7.71. The molecule has 134 valence electrons. The molecule has 2 aromatic rings. The Morgan fingerprint density at radius 1 is 1.36 bits per heavy atom. The number of hydrogen-bond donors (Lipinski definition) is 0. The number of carbonyl (C=O) groups is 1. The maximum Gasteiger partial charge on any atom is 0.410 e. The van der Waals surface area contributed by atoms with Crippen molar-refractivity contribution >= 4 is 17.7 Å². The van der Waals surface area contributed by atoms with Crippen LogP contribution in [0.1, 0.15) is 44.8 Å². The van der Waals surface area contributed by atoms with Gasteiger partial charge in [0, 0.05) is 31.4 Å². The Morgan fingerprint density at radius 3 is 2.68 bits per heavy atom. The monoisotopic (exact) mass is 365 g/mol. The molecule has 2 aromatic heterocycles. The molecule has 0 aliphatic carbocycles. The Kier molecular flexibility index (Phi) is 4.89. The van der Waals surface area contributed by atoms with E-state index in [1.54, 1.807) is 17.3 Å². The zero-order chi connectivity index (χ0) is 18.0. The predicted octanol–water partition coefficient (Wildman–Crippen LogP) is 2.99. The highest BCUT2D eigenvalue weighted by Crippen LogP contribution is 2.27. The van der Waals surface area contributed by atoms with E-state index in [0.717, 1.165) is 6.42 Å². The highest BCUT2D eigenvalue weighted by Gasteiger charge is 2.31. The van der Waals surface area contributed by atoms with Gasteiger partial charge in [-0.15, -0.1) is 21.8 Å². The van der Waals surface area contributed by atoms with E-state index in [4.69, 9.17) is 20.8 Å². The molecule has 8 nitrogen and oxygen atoms in total. The minimum atomic E-state index is -0.501. The zero-order valence-corrected chi connectivity index (χ0v) is 15.2. The summed E-state index contributed by atoms with van der Waals surface area (Å²) in [7, 11) is 0. The van der Waals surface area contributed by atoms with Crippen LogP contribution in [0.15, 0.2) is 16.8 Å². The van der Waals surface area contributed by atoms with Crippen LogP contribution < -0.4 is 0 Å². The Hall–Kier alpha value is -2.22. The van der Waals surface area contributed by atoms with Crippen molar-refractivity contribution in [2.75, 3.05) is 13.1 Å². The van der Waals surface area contributed by atoms with Gasteiger partial charge in [-0.25, -0.2) is 14.8 Å². The van der Waals surface area contributed by atoms with Gasteiger partial charge in [-0.1, -0.05) is 0 Å². The summed E-state index contributed by atoms with van der Waals surface area (Å²) in [5.74, 6) is 1.62. The average Bonchev–Trinajstić information content (AvgIpc) is 3.23. The van der Waals surface area contributed by atoms with Crippen molar-refractivity contribution in [3.63, 3.8) is 0 Å². The van der Waals surface area contributed by atoms with Crippen molar-refractivity contribution in [1.29, 1.82) is 0 Å². The first-order chi connectivity index (χ1) is 11.9. The first-order valence-electron chi connectivity index (χ1n) is 8.04. The molecule has 25 heavy (non-hydrogen) atoms. The molecule has 1 fully saturated rings. The third-order valence-electron chi connectivity index (χ3n) is 3.71. The standard InChI is InChI=1S/C16H20ClN5O3/c1-16(2,3)25-15(23)22-5-4-10(9-22)13-18-7-11(8-19-13)14-21-20-12(6-17)24-14/h7-8,10H,4-6,9H2,1-3H3. The summed E-state index contributed by atoms with van der Waals surface area (Å²) >= 11 is 5.65. The molecule has 1 aliphatic heterocycles. The van der Waals surface area contributed by atoms with E-state index in [9.17, 15) is 4.79 Å². The molecule has 0 N–H and O–H groups in total. The summed E-state index contributed by atoms with van der Waals surface area (Å²) in [4.78, 5) is 22.6. The Labute approximate surface area is 150 Å². The number of rotatable bonds is 3. The van der Waals surface area contributed by atoms with Crippen molar-refractivity contribution in [2.24, 2.45) is 0 Å². The van der Waals surface area contributed by atoms with Gasteiger partial charge in [0.2, 0.25) is 5.89 Å². The van der Waals surface area contributed by atoms with Crippen LogP contribution in [-0.2, 0) is 10.6 Å². The smallest absolute Gasteiger partial charge is 0.410 e. The number of ether oxygens (including phenoxy) is 1. The first kappa shape index (κ1) is 17.6. The van der Waals surface area contributed by atoms with Gasteiger partial charge in [0.25, 0.3) is 5.89 Å². The molecule has 1 saturated heterocycles. The predicted molar refractivity (Wildman–Crippen MR) is 90.0 cm³/mol. The first-order valence-corrected chi connectivity index (χ1v) is 8.58. The minimum absolute atomic E-state index is 0.0858.